The Morgan fingerprint density at radius 2 is 2.00 bits per heavy atom. The zero-order valence-corrected chi connectivity index (χ0v) is 11.8. The maximum atomic E-state index is 11.7. The zero-order chi connectivity index (χ0) is 14.5. The highest BCUT2D eigenvalue weighted by molar-refractivity contribution is 5.85. The van der Waals surface area contributed by atoms with Gasteiger partial charge < -0.3 is 9.30 Å². The molecule has 0 bridgehead atoms. The van der Waals surface area contributed by atoms with Gasteiger partial charge in [0.05, 0.1) is 12.1 Å². The van der Waals surface area contributed by atoms with Crippen LogP contribution in [-0.2, 0) is 13.5 Å². The highest BCUT2D eigenvalue weighted by Crippen LogP contribution is 2.28. The normalized spacial score (nSPS) is 10.4. The third kappa shape index (κ3) is 2.67. The van der Waals surface area contributed by atoms with Crippen molar-refractivity contribution >= 4 is 10.9 Å². The predicted molar refractivity (Wildman–Crippen MR) is 83.4 cm³/mol. The molecule has 2 aromatic rings. The molecule has 2 rings (SSSR count). The summed E-state index contributed by atoms with van der Waals surface area (Å²) >= 11 is 0. The number of rotatable bonds is 6. The lowest BCUT2D eigenvalue weighted by atomic mass is 10.0. The summed E-state index contributed by atoms with van der Waals surface area (Å²) in [5.74, 6) is 0.845. The van der Waals surface area contributed by atoms with Gasteiger partial charge in [0.25, 0.3) is 5.56 Å². The van der Waals surface area contributed by atoms with Crippen molar-refractivity contribution in [1.29, 1.82) is 0 Å². The number of aromatic nitrogens is 1. The summed E-state index contributed by atoms with van der Waals surface area (Å²) in [6.07, 6.45) is 5.19. The fourth-order valence-corrected chi connectivity index (χ4v) is 2.24. The van der Waals surface area contributed by atoms with Crippen LogP contribution in [0.15, 0.2) is 54.4 Å². The molecule has 0 spiro atoms. The number of fused-ring (bicyclic) bond motifs is 1. The Morgan fingerprint density at radius 1 is 1.20 bits per heavy atom. The van der Waals surface area contributed by atoms with Gasteiger partial charge in [-0.25, -0.2) is 0 Å². The minimum atomic E-state index is -0.0117. The molecule has 3 nitrogen and oxygen atoms in total. The van der Waals surface area contributed by atoms with Crippen molar-refractivity contribution in [3.05, 3.63) is 65.5 Å². The molecule has 0 unspecified atom stereocenters. The van der Waals surface area contributed by atoms with Crippen molar-refractivity contribution in [1.82, 2.24) is 4.57 Å². The van der Waals surface area contributed by atoms with Gasteiger partial charge in [-0.15, -0.1) is 13.2 Å². The summed E-state index contributed by atoms with van der Waals surface area (Å²) in [4.78, 5) is 11.7. The lowest BCUT2D eigenvalue weighted by Gasteiger charge is -2.14. The van der Waals surface area contributed by atoms with Crippen molar-refractivity contribution in [2.45, 2.75) is 12.8 Å². The summed E-state index contributed by atoms with van der Waals surface area (Å²) in [5, 5.41) is 1.03. The molecule has 1 heterocycles. The molecule has 0 aliphatic rings. The second-order valence-corrected chi connectivity index (χ2v) is 4.62. The van der Waals surface area contributed by atoms with Gasteiger partial charge in [0.2, 0.25) is 0 Å². The van der Waals surface area contributed by atoms with Crippen LogP contribution in [0.5, 0.6) is 5.75 Å². The molecule has 1 aromatic heterocycles. The molecule has 0 fully saturated rings. The molecule has 3 heteroatoms. The first kappa shape index (κ1) is 14.1. The van der Waals surface area contributed by atoms with E-state index in [4.69, 9.17) is 4.74 Å². The summed E-state index contributed by atoms with van der Waals surface area (Å²) in [7, 11) is 1.78. The molecule has 0 aliphatic heterocycles. The number of ether oxygens (including phenoxy) is 1. The monoisotopic (exact) mass is 269 g/mol. The Bertz CT molecular complexity index is 698. The number of allylic oxidation sites excluding steroid dienone is 1. The molecule has 104 valence electrons. The minimum absolute atomic E-state index is 0.0117. The first-order valence-corrected chi connectivity index (χ1v) is 6.65. The first-order chi connectivity index (χ1) is 9.69. The largest absolute Gasteiger partial charge is 0.493 e. The van der Waals surface area contributed by atoms with E-state index in [2.05, 4.69) is 13.2 Å². The Hall–Kier alpha value is -2.29. The third-order valence-electron chi connectivity index (χ3n) is 3.30. The van der Waals surface area contributed by atoms with E-state index in [9.17, 15) is 4.79 Å². The molecule has 0 saturated heterocycles. The molecule has 0 atom stereocenters. The van der Waals surface area contributed by atoms with E-state index in [0.717, 1.165) is 28.6 Å². The standard InChI is InChI=1S/C17H19NO2/c1-4-6-12-20-16-10-9-15-13(14(16)7-5-2)8-11-17(19)18(15)3/h4-5,8-11H,1-2,6-7,12H2,3H3. The lowest BCUT2D eigenvalue weighted by Crippen LogP contribution is -2.15. The van der Waals surface area contributed by atoms with Crippen LogP contribution in [0, 0.1) is 0 Å². The summed E-state index contributed by atoms with van der Waals surface area (Å²) < 4.78 is 7.45. The zero-order valence-electron chi connectivity index (χ0n) is 11.8. The highest BCUT2D eigenvalue weighted by Gasteiger charge is 2.09. The van der Waals surface area contributed by atoms with Crippen LogP contribution in [0.1, 0.15) is 12.0 Å². The maximum Gasteiger partial charge on any atom is 0.250 e. The molecule has 0 N–H and O–H groups in total. The lowest BCUT2D eigenvalue weighted by molar-refractivity contribution is 0.323. The van der Waals surface area contributed by atoms with Crippen molar-refractivity contribution in [3.8, 4) is 5.75 Å². The van der Waals surface area contributed by atoms with Crippen molar-refractivity contribution in [2.75, 3.05) is 6.61 Å². The van der Waals surface area contributed by atoms with Crippen LogP contribution in [0.25, 0.3) is 10.9 Å². The van der Waals surface area contributed by atoms with Crippen molar-refractivity contribution in [3.63, 3.8) is 0 Å². The second-order valence-electron chi connectivity index (χ2n) is 4.62. The van der Waals surface area contributed by atoms with E-state index in [0.29, 0.717) is 13.0 Å². The van der Waals surface area contributed by atoms with Crippen LogP contribution in [0.3, 0.4) is 0 Å². The van der Waals surface area contributed by atoms with Gasteiger partial charge >= 0.3 is 0 Å². The fourth-order valence-electron chi connectivity index (χ4n) is 2.24. The SMILES string of the molecule is C=CCCOc1ccc2c(ccc(=O)n2C)c1CC=C. The summed E-state index contributed by atoms with van der Waals surface area (Å²) in [5.41, 5.74) is 1.96. The Labute approximate surface area is 118 Å². The van der Waals surface area contributed by atoms with Crippen LogP contribution >= 0.6 is 0 Å². The predicted octanol–water partition coefficient (Wildman–Crippen LogP) is 3.22. The van der Waals surface area contributed by atoms with E-state index in [1.54, 1.807) is 17.7 Å². The number of aryl methyl sites for hydroxylation is 1. The number of pyridine rings is 1. The Morgan fingerprint density at radius 3 is 2.70 bits per heavy atom. The van der Waals surface area contributed by atoms with Gasteiger partial charge in [0, 0.05) is 24.1 Å². The van der Waals surface area contributed by atoms with Crippen molar-refractivity contribution in [2.24, 2.45) is 7.05 Å². The second kappa shape index (κ2) is 6.24. The Balaban J connectivity index is 2.56. The smallest absolute Gasteiger partial charge is 0.250 e. The molecule has 1 aromatic carbocycles. The number of benzene rings is 1. The average molecular weight is 269 g/mol. The van der Waals surface area contributed by atoms with Crippen LogP contribution in [0.2, 0.25) is 0 Å². The van der Waals surface area contributed by atoms with Gasteiger partial charge in [-0.3, -0.25) is 4.79 Å². The van der Waals surface area contributed by atoms with Gasteiger partial charge in [0.15, 0.2) is 0 Å². The van der Waals surface area contributed by atoms with Gasteiger partial charge in [-0.1, -0.05) is 12.2 Å². The van der Waals surface area contributed by atoms with Crippen LogP contribution < -0.4 is 10.3 Å². The van der Waals surface area contributed by atoms with Gasteiger partial charge in [-0.05, 0) is 31.0 Å². The highest BCUT2D eigenvalue weighted by atomic mass is 16.5. The minimum Gasteiger partial charge on any atom is -0.493 e. The van der Waals surface area contributed by atoms with E-state index in [1.165, 1.54) is 0 Å². The topological polar surface area (TPSA) is 31.2 Å². The number of nitrogens with zero attached hydrogens (tertiary/aromatic N) is 1. The van der Waals surface area contributed by atoms with Crippen LogP contribution in [-0.4, -0.2) is 11.2 Å². The molecular formula is C17H19NO2. The first-order valence-electron chi connectivity index (χ1n) is 6.65. The van der Waals surface area contributed by atoms with Crippen molar-refractivity contribution < 1.29 is 4.74 Å². The van der Waals surface area contributed by atoms with E-state index in [-0.39, 0.29) is 5.56 Å². The van der Waals surface area contributed by atoms with Crippen LogP contribution in [0.4, 0.5) is 0 Å². The Kier molecular flexibility index (Phi) is 4.41. The quantitative estimate of drug-likeness (QED) is 0.595. The molecular weight excluding hydrogens is 250 g/mol. The molecule has 0 saturated carbocycles. The van der Waals surface area contributed by atoms with Gasteiger partial charge in [0.1, 0.15) is 5.75 Å². The van der Waals surface area contributed by atoms with Gasteiger partial charge in [-0.2, -0.15) is 0 Å². The summed E-state index contributed by atoms with van der Waals surface area (Å²) in [6.45, 7) is 8.09. The third-order valence-corrected chi connectivity index (χ3v) is 3.30. The molecule has 0 radical (unpaired) electrons. The number of hydrogen-bond donors (Lipinski definition) is 0. The van der Waals surface area contributed by atoms with E-state index in [1.807, 2.05) is 30.4 Å². The van der Waals surface area contributed by atoms with E-state index < -0.39 is 0 Å². The molecule has 20 heavy (non-hydrogen) atoms. The average Bonchev–Trinajstić information content (AvgIpc) is 2.45. The maximum absolute atomic E-state index is 11.7. The molecule has 0 aliphatic carbocycles. The number of hydrogen-bond acceptors (Lipinski definition) is 2. The molecule has 0 amide bonds. The fraction of sp³-hybridized carbons (Fsp3) is 0.235. The van der Waals surface area contributed by atoms with E-state index >= 15 is 0 Å². The summed E-state index contributed by atoms with van der Waals surface area (Å²) in [6, 6.07) is 7.29.